The Morgan fingerprint density at radius 1 is 0.913 bits per heavy atom. The lowest BCUT2D eigenvalue weighted by molar-refractivity contribution is 0.0651. The second kappa shape index (κ2) is 5.17. The van der Waals surface area contributed by atoms with Gasteiger partial charge in [0.25, 0.3) is 0 Å². The molecule has 0 saturated carbocycles. The van der Waals surface area contributed by atoms with Crippen LogP contribution in [0.3, 0.4) is 0 Å². The van der Waals surface area contributed by atoms with E-state index in [-0.39, 0.29) is 16.6 Å². The number of hydrogen-bond donors (Lipinski definition) is 3. The van der Waals surface area contributed by atoms with Crippen LogP contribution in [0.4, 0.5) is 0 Å². The summed E-state index contributed by atoms with van der Waals surface area (Å²) in [6.07, 6.45) is 0. The number of carbonyl (C=O) groups is 2. The predicted molar refractivity (Wildman–Crippen MR) is 83.2 cm³/mol. The minimum absolute atomic E-state index is 0.239. The molecule has 0 aliphatic heterocycles. The van der Waals surface area contributed by atoms with Gasteiger partial charge in [-0.2, -0.15) is 4.73 Å². The summed E-state index contributed by atoms with van der Waals surface area (Å²) >= 11 is 0. The van der Waals surface area contributed by atoms with Gasteiger partial charge in [-0.15, -0.1) is 0 Å². The molecule has 116 valence electrons. The highest BCUT2D eigenvalue weighted by atomic mass is 16.5. The average molecular weight is 311 g/mol. The molecule has 0 saturated heterocycles. The van der Waals surface area contributed by atoms with Crippen LogP contribution in [0.2, 0.25) is 0 Å². The van der Waals surface area contributed by atoms with Crippen molar-refractivity contribution in [3.63, 3.8) is 0 Å². The first-order valence-electron chi connectivity index (χ1n) is 6.81. The number of carboxylic acids is 2. The van der Waals surface area contributed by atoms with E-state index in [0.29, 0.717) is 11.1 Å². The van der Waals surface area contributed by atoms with Gasteiger partial charge in [0.05, 0.1) is 22.3 Å². The molecular weight excluding hydrogens is 298 g/mol. The smallest absolute Gasteiger partial charge is 0.336 e. The molecule has 0 unspecified atom stereocenters. The van der Waals surface area contributed by atoms with Crippen molar-refractivity contribution < 1.29 is 25.0 Å². The maximum atomic E-state index is 11.2. The van der Waals surface area contributed by atoms with Crippen LogP contribution in [0.25, 0.3) is 22.2 Å². The van der Waals surface area contributed by atoms with Crippen molar-refractivity contribution in [2.75, 3.05) is 0 Å². The highest BCUT2D eigenvalue weighted by molar-refractivity contribution is 6.06. The second-order valence-corrected chi connectivity index (χ2v) is 5.27. The first-order valence-corrected chi connectivity index (χ1v) is 6.81. The minimum Gasteiger partial charge on any atom is -0.478 e. The third kappa shape index (κ3) is 2.40. The quantitative estimate of drug-likeness (QED) is 0.645. The zero-order chi connectivity index (χ0) is 16.7. The molecule has 3 aromatic rings. The van der Waals surface area contributed by atoms with Gasteiger partial charge in [-0.1, -0.05) is 29.8 Å². The number of nitrogens with zero attached hydrogens (tertiary/aromatic N) is 1. The fourth-order valence-corrected chi connectivity index (χ4v) is 2.53. The van der Waals surface area contributed by atoms with Crippen LogP contribution >= 0.6 is 0 Å². The Bertz CT molecular complexity index is 938. The summed E-state index contributed by atoms with van der Waals surface area (Å²) in [7, 11) is 0. The highest BCUT2D eigenvalue weighted by Gasteiger charge is 2.20. The first-order chi connectivity index (χ1) is 10.9. The van der Waals surface area contributed by atoms with E-state index in [1.165, 1.54) is 12.1 Å². The number of rotatable bonds is 3. The molecule has 6 heteroatoms. The Hall–Kier alpha value is -3.28. The van der Waals surface area contributed by atoms with Crippen molar-refractivity contribution in [1.29, 1.82) is 0 Å². The zero-order valence-electron chi connectivity index (χ0n) is 12.1. The summed E-state index contributed by atoms with van der Waals surface area (Å²) < 4.78 is 0.873. The molecule has 0 bridgehead atoms. The predicted octanol–water partition coefficient (Wildman–Crippen LogP) is 3.25. The summed E-state index contributed by atoms with van der Waals surface area (Å²) in [5.74, 6) is -2.69. The van der Waals surface area contributed by atoms with Crippen LogP contribution in [0.1, 0.15) is 26.3 Å². The number of aromatic carboxylic acids is 2. The Kier molecular flexibility index (Phi) is 3.29. The van der Waals surface area contributed by atoms with Crippen LogP contribution in [0.5, 0.6) is 0 Å². The van der Waals surface area contributed by atoms with Gasteiger partial charge in [0, 0.05) is 10.9 Å². The van der Waals surface area contributed by atoms with Crippen molar-refractivity contribution in [3.05, 3.63) is 59.2 Å². The minimum atomic E-state index is -1.36. The number of hydrogen-bond acceptors (Lipinski definition) is 3. The molecule has 1 heterocycles. The maximum absolute atomic E-state index is 11.2. The molecule has 0 aliphatic carbocycles. The van der Waals surface area contributed by atoms with Crippen molar-refractivity contribution in [2.45, 2.75) is 6.92 Å². The van der Waals surface area contributed by atoms with Gasteiger partial charge in [-0.05, 0) is 25.1 Å². The molecule has 1 aromatic heterocycles. The molecule has 3 rings (SSSR count). The Labute approximate surface area is 130 Å². The van der Waals surface area contributed by atoms with Gasteiger partial charge in [0.1, 0.15) is 0 Å². The van der Waals surface area contributed by atoms with Crippen LogP contribution < -0.4 is 0 Å². The van der Waals surface area contributed by atoms with E-state index in [0.717, 1.165) is 15.9 Å². The Balaban J connectivity index is 2.28. The molecule has 23 heavy (non-hydrogen) atoms. The van der Waals surface area contributed by atoms with Crippen LogP contribution in [0.15, 0.2) is 42.5 Å². The zero-order valence-corrected chi connectivity index (χ0v) is 12.1. The Morgan fingerprint density at radius 3 is 2.04 bits per heavy atom. The fourth-order valence-electron chi connectivity index (χ4n) is 2.53. The average Bonchev–Trinajstić information content (AvgIpc) is 2.83. The van der Waals surface area contributed by atoms with Crippen LogP contribution in [-0.4, -0.2) is 32.1 Å². The monoisotopic (exact) mass is 311 g/mol. The number of aryl methyl sites for hydroxylation is 1. The SMILES string of the molecule is Cc1ccc(-c2cc3cc(C(=O)O)c(C(=O)O)cc3n2O)cc1. The molecule has 0 amide bonds. The molecule has 6 nitrogen and oxygen atoms in total. The van der Waals surface area contributed by atoms with Gasteiger partial charge in [-0.3, -0.25) is 0 Å². The second-order valence-electron chi connectivity index (χ2n) is 5.27. The molecular formula is C17H13NO5. The van der Waals surface area contributed by atoms with Crippen LogP contribution in [0, 0.1) is 6.92 Å². The third-order valence-corrected chi connectivity index (χ3v) is 3.72. The lowest BCUT2D eigenvalue weighted by atomic mass is 10.0. The molecule has 0 aliphatic rings. The van der Waals surface area contributed by atoms with Crippen LogP contribution in [-0.2, 0) is 0 Å². The highest BCUT2D eigenvalue weighted by Crippen LogP contribution is 2.29. The third-order valence-electron chi connectivity index (χ3n) is 3.72. The molecule has 2 aromatic carbocycles. The van der Waals surface area contributed by atoms with E-state index >= 15 is 0 Å². The Morgan fingerprint density at radius 2 is 1.48 bits per heavy atom. The normalized spacial score (nSPS) is 10.8. The van der Waals surface area contributed by atoms with Gasteiger partial charge in [0.2, 0.25) is 0 Å². The number of benzene rings is 2. The maximum Gasteiger partial charge on any atom is 0.336 e. The van der Waals surface area contributed by atoms with Gasteiger partial charge in [0.15, 0.2) is 0 Å². The summed E-state index contributed by atoms with van der Waals surface area (Å²) in [5.41, 5.74) is 1.82. The number of carboxylic acid groups (broad SMARTS) is 2. The molecule has 0 radical (unpaired) electrons. The van der Waals surface area contributed by atoms with Crippen molar-refractivity contribution in [1.82, 2.24) is 4.73 Å². The lowest BCUT2D eigenvalue weighted by Crippen LogP contribution is -2.08. The van der Waals surface area contributed by atoms with Gasteiger partial charge < -0.3 is 15.4 Å². The van der Waals surface area contributed by atoms with E-state index in [4.69, 9.17) is 10.2 Å². The topological polar surface area (TPSA) is 99.8 Å². The van der Waals surface area contributed by atoms with E-state index < -0.39 is 11.9 Å². The largest absolute Gasteiger partial charge is 0.478 e. The lowest BCUT2D eigenvalue weighted by Gasteiger charge is -2.05. The summed E-state index contributed by atoms with van der Waals surface area (Å²) in [6, 6.07) is 11.5. The number of aromatic nitrogens is 1. The van der Waals surface area contributed by atoms with E-state index in [1.54, 1.807) is 6.07 Å². The van der Waals surface area contributed by atoms with E-state index in [2.05, 4.69) is 0 Å². The number of fused-ring (bicyclic) bond motifs is 1. The van der Waals surface area contributed by atoms with Crippen molar-refractivity contribution in [2.24, 2.45) is 0 Å². The standard InChI is InChI=1S/C17H13NO5/c1-9-2-4-10(5-3-9)14-7-11-6-12(16(19)20)13(17(21)22)8-15(11)18(14)23/h2-8,23H,1H3,(H,19,20)(H,21,22). The first kappa shape index (κ1) is 14.6. The molecule has 0 fully saturated rings. The van der Waals surface area contributed by atoms with Gasteiger partial charge >= 0.3 is 11.9 Å². The van der Waals surface area contributed by atoms with Gasteiger partial charge in [-0.25, -0.2) is 9.59 Å². The van der Waals surface area contributed by atoms with E-state index in [1.807, 2.05) is 31.2 Å². The molecule has 0 atom stereocenters. The summed E-state index contributed by atoms with van der Waals surface area (Å²) in [4.78, 5) is 22.5. The molecule has 3 N–H and O–H groups in total. The molecule has 0 spiro atoms. The van der Waals surface area contributed by atoms with E-state index in [9.17, 15) is 14.8 Å². The summed E-state index contributed by atoms with van der Waals surface area (Å²) in [6.45, 7) is 1.94. The fraction of sp³-hybridized carbons (Fsp3) is 0.0588. The van der Waals surface area contributed by atoms with Crippen molar-refractivity contribution in [3.8, 4) is 11.3 Å². The van der Waals surface area contributed by atoms with Crippen molar-refractivity contribution >= 4 is 22.8 Å². The summed E-state index contributed by atoms with van der Waals surface area (Å²) in [5, 5.41) is 29.1.